The number of nitrogens with zero attached hydrogens (tertiary/aromatic N) is 2. The van der Waals surface area contributed by atoms with Crippen molar-refractivity contribution in [3.05, 3.63) is 35.4 Å². The number of hydrogen-bond acceptors (Lipinski definition) is 4. The van der Waals surface area contributed by atoms with Crippen LogP contribution in [-0.2, 0) is 10.5 Å². The van der Waals surface area contributed by atoms with Gasteiger partial charge in [-0.2, -0.15) is 11.8 Å². The van der Waals surface area contributed by atoms with Gasteiger partial charge in [-0.05, 0) is 57.6 Å². The Labute approximate surface area is 161 Å². The summed E-state index contributed by atoms with van der Waals surface area (Å²) in [5, 5.41) is 0. The average molecular weight is 379 g/mol. The molecule has 1 aromatic rings. The van der Waals surface area contributed by atoms with Crippen molar-refractivity contribution in [1.82, 2.24) is 9.80 Å². The molecule has 144 valence electrons. The molecule has 0 radical (unpaired) electrons. The Bertz CT molecular complexity index is 617. The van der Waals surface area contributed by atoms with Gasteiger partial charge in [0, 0.05) is 37.5 Å². The van der Waals surface area contributed by atoms with Gasteiger partial charge in [-0.3, -0.25) is 4.79 Å². The van der Waals surface area contributed by atoms with Gasteiger partial charge in [0.05, 0.1) is 0 Å². The first kappa shape index (κ1) is 20.6. The summed E-state index contributed by atoms with van der Waals surface area (Å²) >= 11 is 1.77. The first-order valence-electron chi connectivity index (χ1n) is 9.04. The van der Waals surface area contributed by atoms with Crippen molar-refractivity contribution in [3.8, 4) is 0 Å². The fourth-order valence-corrected chi connectivity index (χ4v) is 3.57. The molecule has 0 saturated carbocycles. The van der Waals surface area contributed by atoms with Crippen LogP contribution in [0.4, 0.5) is 4.79 Å². The largest absolute Gasteiger partial charge is 0.444 e. The van der Waals surface area contributed by atoms with E-state index < -0.39 is 5.60 Å². The molecule has 0 atom stereocenters. The molecule has 1 saturated heterocycles. The summed E-state index contributed by atoms with van der Waals surface area (Å²) in [6, 6.07) is 7.98. The third kappa shape index (κ3) is 5.66. The zero-order chi connectivity index (χ0) is 19.3. The summed E-state index contributed by atoms with van der Waals surface area (Å²) in [7, 11) is 1.85. The van der Waals surface area contributed by atoms with Crippen LogP contribution in [0.3, 0.4) is 0 Å². The first-order chi connectivity index (χ1) is 12.2. The van der Waals surface area contributed by atoms with E-state index in [1.54, 1.807) is 16.7 Å². The summed E-state index contributed by atoms with van der Waals surface area (Å²) in [4.78, 5) is 28.4. The molecule has 0 unspecified atom stereocenters. The monoisotopic (exact) mass is 378 g/mol. The second-order valence-electron chi connectivity index (χ2n) is 7.74. The Morgan fingerprint density at radius 1 is 1.19 bits per heavy atom. The maximum atomic E-state index is 12.7. The minimum atomic E-state index is -0.483. The predicted molar refractivity (Wildman–Crippen MR) is 107 cm³/mol. The van der Waals surface area contributed by atoms with E-state index in [1.807, 2.05) is 57.0 Å². The van der Waals surface area contributed by atoms with Crippen LogP contribution in [0, 0.1) is 0 Å². The molecule has 1 aliphatic rings. The molecular weight excluding hydrogens is 348 g/mol. The van der Waals surface area contributed by atoms with E-state index in [4.69, 9.17) is 4.74 Å². The Balaban J connectivity index is 1.90. The van der Waals surface area contributed by atoms with Gasteiger partial charge in [0.2, 0.25) is 0 Å². The van der Waals surface area contributed by atoms with Gasteiger partial charge in [-0.15, -0.1) is 0 Å². The number of amides is 2. The summed E-state index contributed by atoms with van der Waals surface area (Å²) < 4.78 is 5.43. The third-order valence-corrected chi connectivity index (χ3v) is 5.12. The highest BCUT2D eigenvalue weighted by Gasteiger charge is 2.30. The van der Waals surface area contributed by atoms with Gasteiger partial charge in [0.1, 0.15) is 5.60 Å². The van der Waals surface area contributed by atoms with Crippen molar-refractivity contribution in [1.29, 1.82) is 0 Å². The molecule has 2 amide bonds. The Kier molecular flexibility index (Phi) is 6.98. The molecule has 2 rings (SSSR count). The van der Waals surface area contributed by atoms with Crippen LogP contribution in [0.2, 0.25) is 0 Å². The summed E-state index contributed by atoms with van der Waals surface area (Å²) in [6.45, 7) is 6.84. The minimum Gasteiger partial charge on any atom is -0.444 e. The zero-order valence-corrected chi connectivity index (χ0v) is 17.3. The van der Waals surface area contributed by atoms with Gasteiger partial charge in [-0.1, -0.05) is 12.1 Å². The highest BCUT2D eigenvalue weighted by atomic mass is 32.2. The first-order valence-corrected chi connectivity index (χ1v) is 10.4. The smallest absolute Gasteiger partial charge is 0.410 e. The van der Waals surface area contributed by atoms with Crippen molar-refractivity contribution < 1.29 is 14.3 Å². The van der Waals surface area contributed by atoms with E-state index in [2.05, 4.69) is 6.26 Å². The molecule has 5 nitrogen and oxygen atoms in total. The lowest BCUT2D eigenvalue weighted by Gasteiger charge is -2.37. The number of carbonyl (C=O) groups excluding carboxylic acids is 2. The molecule has 1 aromatic carbocycles. The number of likely N-dealkylation sites (tertiary alicyclic amines) is 1. The number of carbonyl (C=O) groups is 2. The van der Waals surface area contributed by atoms with E-state index in [1.165, 1.54) is 5.56 Å². The van der Waals surface area contributed by atoms with E-state index in [9.17, 15) is 9.59 Å². The molecule has 0 spiro atoms. The second-order valence-corrected chi connectivity index (χ2v) is 8.61. The fraction of sp³-hybridized carbons (Fsp3) is 0.600. The lowest BCUT2D eigenvalue weighted by molar-refractivity contribution is 0.0160. The van der Waals surface area contributed by atoms with Gasteiger partial charge < -0.3 is 14.5 Å². The molecule has 6 heteroatoms. The number of hydrogen-bond donors (Lipinski definition) is 0. The molecule has 0 aliphatic carbocycles. The summed E-state index contributed by atoms with van der Waals surface area (Å²) in [5.74, 6) is 0.990. The molecule has 0 aromatic heterocycles. The standard InChI is InChI=1S/C20H30N2O3S/c1-20(2,3)25-19(24)22-12-10-17(11-13-22)21(4)18(23)16-8-6-15(7-9-16)14-26-5/h6-9,17H,10-14H2,1-5H3. The number of ether oxygens (including phenoxy) is 1. The van der Waals surface area contributed by atoms with Crippen LogP contribution >= 0.6 is 11.8 Å². The minimum absolute atomic E-state index is 0.0384. The van der Waals surface area contributed by atoms with Crippen molar-refractivity contribution in [2.24, 2.45) is 0 Å². The Morgan fingerprint density at radius 2 is 1.77 bits per heavy atom. The fourth-order valence-electron chi connectivity index (χ4n) is 3.04. The van der Waals surface area contributed by atoms with Crippen molar-refractivity contribution in [3.63, 3.8) is 0 Å². The molecule has 1 heterocycles. The van der Waals surface area contributed by atoms with Crippen molar-refractivity contribution in [2.45, 2.75) is 51.0 Å². The molecule has 0 bridgehead atoms. The molecule has 1 aliphatic heterocycles. The van der Waals surface area contributed by atoms with Crippen LogP contribution < -0.4 is 0 Å². The van der Waals surface area contributed by atoms with E-state index >= 15 is 0 Å². The summed E-state index contributed by atoms with van der Waals surface area (Å²) in [5.41, 5.74) is 1.46. The van der Waals surface area contributed by atoms with E-state index in [0.717, 1.165) is 18.6 Å². The average Bonchev–Trinajstić information content (AvgIpc) is 2.60. The molecule has 26 heavy (non-hydrogen) atoms. The highest BCUT2D eigenvalue weighted by molar-refractivity contribution is 7.97. The van der Waals surface area contributed by atoms with Gasteiger partial charge in [-0.25, -0.2) is 4.79 Å². The topological polar surface area (TPSA) is 49.9 Å². The van der Waals surface area contributed by atoms with Crippen LogP contribution in [-0.4, -0.2) is 59.8 Å². The number of piperidine rings is 1. The number of thioether (sulfide) groups is 1. The van der Waals surface area contributed by atoms with Crippen LogP contribution in [0.5, 0.6) is 0 Å². The molecule has 0 N–H and O–H groups in total. The SMILES string of the molecule is CSCc1ccc(C(=O)N(C)C2CCN(C(=O)OC(C)(C)C)CC2)cc1. The molecular formula is C20H30N2O3S. The third-order valence-electron chi connectivity index (χ3n) is 4.50. The van der Waals surface area contributed by atoms with Crippen LogP contribution in [0.1, 0.15) is 49.5 Å². The quantitative estimate of drug-likeness (QED) is 0.794. The maximum absolute atomic E-state index is 12.7. The van der Waals surface area contributed by atoms with Crippen molar-refractivity contribution >= 4 is 23.8 Å². The number of benzene rings is 1. The Morgan fingerprint density at radius 3 is 2.27 bits per heavy atom. The van der Waals surface area contributed by atoms with Gasteiger partial charge in [0.15, 0.2) is 0 Å². The Hall–Kier alpha value is -1.69. The number of rotatable bonds is 4. The van der Waals surface area contributed by atoms with Gasteiger partial charge >= 0.3 is 6.09 Å². The zero-order valence-electron chi connectivity index (χ0n) is 16.4. The van der Waals surface area contributed by atoms with Crippen LogP contribution in [0.25, 0.3) is 0 Å². The van der Waals surface area contributed by atoms with E-state index in [-0.39, 0.29) is 18.0 Å². The van der Waals surface area contributed by atoms with Gasteiger partial charge in [0.25, 0.3) is 5.91 Å². The van der Waals surface area contributed by atoms with E-state index in [0.29, 0.717) is 18.7 Å². The molecule has 1 fully saturated rings. The predicted octanol–water partition coefficient (Wildman–Crippen LogP) is 4.02. The normalized spacial score (nSPS) is 15.7. The summed E-state index contributed by atoms with van der Waals surface area (Å²) in [6.07, 6.45) is 3.34. The van der Waals surface area contributed by atoms with Crippen molar-refractivity contribution in [2.75, 3.05) is 26.4 Å². The van der Waals surface area contributed by atoms with Crippen LogP contribution in [0.15, 0.2) is 24.3 Å². The highest BCUT2D eigenvalue weighted by Crippen LogP contribution is 2.20. The lowest BCUT2D eigenvalue weighted by Crippen LogP contribution is -2.48. The second kappa shape index (κ2) is 8.80. The maximum Gasteiger partial charge on any atom is 0.410 e. The lowest BCUT2D eigenvalue weighted by atomic mass is 10.0.